The van der Waals surface area contributed by atoms with Gasteiger partial charge in [-0.05, 0) is 38.1 Å². The summed E-state index contributed by atoms with van der Waals surface area (Å²) in [4.78, 5) is 4.04. The van der Waals surface area contributed by atoms with Gasteiger partial charge in [-0.1, -0.05) is 0 Å². The molecule has 0 saturated carbocycles. The summed E-state index contributed by atoms with van der Waals surface area (Å²) in [5, 5.41) is 6.75. The number of hydrogen-bond acceptors (Lipinski definition) is 4. The lowest BCUT2D eigenvalue weighted by Gasteiger charge is -2.24. The van der Waals surface area contributed by atoms with Gasteiger partial charge >= 0.3 is 0 Å². The number of rotatable bonds is 2. The minimum absolute atomic E-state index is 0. The Hall–Kier alpha value is -0.710. The molecule has 1 aromatic rings. The Kier molecular flexibility index (Phi) is 7.21. The Bertz CT molecular complexity index is 303. The lowest BCUT2D eigenvalue weighted by Crippen LogP contribution is -2.35. The molecule has 0 aromatic carbocycles. The summed E-state index contributed by atoms with van der Waals surface area (Å²) >= 11 is 0. The van der Waals surface area contributed by atoms with E-state index < -0.39 is 0 Å². The molecule has 1 aliphatic heterocycles. The lowest BCUT2D eigenvalue weighted by atomic mass is 10.1. The SMILES string of the molecule is Cl.Cl.Nc1ncccc1NC1CCNCC1. The van der Waals surface area contributed by atoms with Gasteiger partial charge < -0.3 is 16.4 Å². The Morgan fingerprint density at radius 2 is 2.00 bits per heavy atom. The van der Waals surface area contributed by atoms with Crippen molar-refractivity contribution in [2.75, 3.05) is 24.1 Å². The first-order valence-corrected chi connectivity index (χ1v) is 5.04. The van der Waals surface area contributed by atoms with Crippen LogP contribution in [0.15, 0.2) is 18.3 Å². The van der Waals surface area contributed by atoms with Crippen molar-refractivity contribution in [2.24, 2.45) is 0 Å². The molecule has 4 nitrogen and oxygen atoms in total. The van der Waals surface area contributed by atoms with Gasteiger partial charge in [-0.15, -0.1) is 24.8 Å². The van der Waals surface area contributed by atoms with Crippen molar-refractivity contribution in [1.82, 2.24) is 10.3 Å². The number of nitrogen functional groups attached to an aromatic ring is 1. The summed E-state index contributed by atoms with van der Waals surface area (Å²) in [7, 11) is 0. The molecule has 0 unspecified atom stereocenters. The number of nitrogens with two attached hydrogens (primary N) is 1. The van der Waals surface area contributed by atoms with E-state index in [1.807, 2.05) is 12.1 Å². The first kappa shape index (κ1) is 15.3. The molecule has 16 heavy (non-hydrogen) atoms. The fourth-order valence-electron chi connectivity index (χ4n) is 1.73. The van der Waals surface area contributed by atoms with E-state index in [0.29, 0.717) is 11.9 Å². The molecule has 0 radical (unpaired) electrons. The van der Waals surface area contributed by atoms with Crippen molar-refractivity contribution in [3.63, 3.8) is 0 Å². The van der Waals surface area contributed by atoms with E-state index in [1.165, 1.54) is 0 Å². The van der Waals surface area contributed by atoms with Crippen molar-refractivity contribution >= 4 is 36.3 Å². The molecule has 1 fully saturated rings. The first-order chi connectivity index (χ1) is 6.86. The zero-order chi connectivity index (χ0) is 9.80. The molecule has 2 heterocycles. The van der Waals surface area contributed by atoms with Crippen molar-refractivity contribution in [3.05, 3.63) is 18.3 Å². The second-order valence-corrected chi connectivity index (χ2v) is 3.60. The van der Waals surface area contributed by atoms with Gasteiger partial charge in [-0.25, -0.2) is 4.98 Å². The molecule has 0 aliphatic carbocycles. The highest BCUT2D eigenvalue weighted by atomic mass is 35.5. The van der Waals surface area contributed by atoms with Crippen LogP contribution in [-0.2, 0) is 0 Å². The van der Waals surface area contributed by atoms with Gasteiger partial charge in [0.2, 0.25) is 0 Å². The first-order valence-electron chi connectivity index (χ1n) is 5.04. The van der Waals surface area contributed by atoms with E-state index in [0.717, 1.165) is 31.6 Å². The third kappa shape index (κ3) is 4.04. The molecule has 0 amide bonds. The van der Waals surface area contributed by atoms with Crippen molar-refractivity contribution in [2.45, 2.75) is 18.9 Å². The molecule has 0 atom stereocenters. The van der Waals surface area contributed by atoms with Crippen LogP contribution < -0.4 is 16.4 Å². The van der Waals surface area contributed by atoms with Crippen molar-refractivity contribution in [1.29, 1.82) is 0 Å². The third-order valence-electron chi connectivity index (χ3n) is 2.54. The average Bonchev–Trinajstić information content (AvgIpc) is 2.23. The third-order valence-corrected chi connectivity index (χ3v) is 2.54. The highest BCUT2D eigenvalue weighted by molar-refractivity contribution is 5.85. The van der Waals surface area contributed by atoms with E-state index in [2.05, 4.69) is 15.6 Å². The van der Waals surface area contributed by atoms with Crippen LogP contribution in [0.1, 0.15) is 12.8 Å². The maximum atomic E-state index is 5.75. The van der Waals surface area contributed by atoms with Crippen LogP contribution in [0.25, 0.3) is 0 Å². The van der Waals surface area contributed by atoms with Crippen molar-refractivity contribution < 1.29 is 0 Å². The molecule has 0 bridgehead atoms. The van der Waals surface area contributed by atoms with Crippen LogP contribution in [0.4, 0.5) is 11.5 Å². The van der Waals surface area contributed by atoms with Gasteiger partial charge in [0, 0.05) is 12.2 Å². The zero-order valence-corrected chi connectivity index (χ0v) is 10.6. The van der Waals surface area contributed by atoms with E-state index in [1.54, 1.807) is 6.20 Å². The summed E-state index contributed by atoms with van der Waals surface area (Å²) in [6.07, 6.45) is 4.01. The normalized spacial score (nSPS) is 15.8. The molecule has 92 valence electrons. The van der Waals surface area contributed by atoms with Gasteiger partial charge in [0.1, 0.15) is 5.82 Å². The minimum Gasteiger partial charge on any atom is -0.382 e. The Labute approximate surface area is 108 Å². The molecular formula is C10H18Cl2N4. The van der Waals surface area contributed by atoms with E-state index in [4.69, 9.17) is 5.73 Å². The fourth-order valence-corrected chi connectivity index (χ4v) is 1.73. The number of halogens is 2. The van der Waals surface area contributed by atoms with E-state index >= 15 is 0 Å². The predicted octanol–water partition coefficient (Wildman–Crippen LogP) is 1.67. The molecule has 1 aromatic heterocycles. The Balaban J connectivity index is 0.00000112. The number of anilines is 2. The maximum absolute atomic E-state index is 5.75. The Morgan fingerprint density at radius 3 is 2.62 bits per heavy atom. The molecule has 6 heteroatoms. The standard InChI is InChI=1S/C10H16N4.2ClH/c11-10-9(2-1-5-13-10)14-8-3-6-12-7-4-8;;/h1-2,5,8,12,14H,3-4,6-7H2,(H2,11,13);2*1H. The van der Waals surface area contributed by atoms with E-state index in [-0.39, 0.29) is 24.8 Å². The fraction of sp³-hybridized carbons (Fsp3) is 0.500. The average molecular weight is 265 g/mol. The van der Waals surface area contributed by atoms with Gasteiger partial charge in [-0.2, -0.15) is 0 Å². The number of pyridine rings is 1. The minimum atomic E-state index is 0. The smallest absolute Gasteiger partial charge is 0.146 e. The van der Waals surface area contributed by atoms with Gasteiger partial charge in [0.15, 0.2) is 0 Å². The molecule has 1 saturated heterocycles. The topological polar surface area (TPSA) is 63.0 Å². The second kappa shape index (κ2) is 7.54. The molecule has 2 rings (SSSR count). The zero-order valence-electron chi connectivity index (χ0n) is 8.98. The Morgan fingerprint density at radius 1 is 1.31 bits per heavy atom. The van der Waals surface area contributed by atoms with Crippen LogP contribution in [0, 0.1) is 0 Å². The van der Waals surface area contributed by atoms with Crippen LogP contribution in [0.3, 0.4) is 0 Å². The number of hydrogen-bond donors (Lipinski definition) is 3. The number of nitrogens with one attached hydrogen (secondary N) is 2. The number of aromatic nitrogens is 1. The summed E-state index contributed by atoms with van der Waals surface area (Å²) in [5.74, 6) is 0.589. The van der Waals surface area contributed by atoms with Crippen LogP contribution in [0.2, 0.25) is 0 Å². The van der Waals surface area contributed by atoms with Gasteiger partial charge in [0.05, 0.1) is 5.69 Å². The highest BCUT2D eigenvalue weighted by Crippen LogP contribution is 2.17. The maximum Gasteiger partial charge on any atom is 0.146 e. The monoisotopic (exact) mass is 264 g/mol. The van der Waals surface area contributed by atoms with Crippen molar-refractivity contribution in [3.8, 4) is 0 Å². The van der Waals surface area contributed by atoms with Gasteiger partial charge in [-0.3, -0.25) is 0 Å². The second-order valence-electron chi connectivity index (χ2n) is 3.60. The quantitative estimate of drug-likeness (QED) is 0.761. The summed E-state index contributed by atoms with van der Waals surface area (Å²) in [6, 6.07) is 4.41. The molecule has 4 N–H and O–H groups in total. The lowest BCUT2D eigenvalue weighted by molar-refractivity contribution is 0.479. The highest BCUT2D eigenvalue weighted by Gasteiger charge is 2.13. The summed E-state index contributed by atoms with van der Waals surface area (Å²) in [5.41, 5.74) is 6.71. The molecule has 1 aliphatic rings. The van der Waals surface area contributed by atoms with E-state index in [9.17, 15) is 0 Å². The molecule has 0 spiro atoms. The largest absolute Gasteiger partial charge is 0.382 e. The van der Waals surface area contributed by atoms with Crippen LogP contribution in [0.5, 0.6) is 0 Å². The number of nitrogens with zero attached hydrogens (tertiary/aromatic N) is 1. The number of piperidine rings is 1. The van der Waals surface area contributed by atoms with Crippen LogP contribution >= 0.6 is 24.8 Å². The summed E-state index contributed by atoms with van der Waals surface area (Å²) in [6.45, 7) is 2.16. The van der Waals surface area contributed by atoms with Gasteiger partial charge in [0.25, 0.3) is 0 Å². The molecular weight excluding hydrogens is 247 g/mol. The predicted molar refractivity (Wildman–Crippen MR) is 72.7 cm³/mol. The summed E-state index contributed by atoms with van der Waals surface area (Å²) < 4.78 is 0. The van der Waals surface area contributed by atoms with Crippen LogP contribution in [-0.4, -0.2) is 24.1 Å².